The van der Waals surface area contributed by atoms with E-state index in [9.17, 15) is 0 Å². The first kappa shape index (κ1) is 40.1. The van der Waals surface area contributed by atoms with Crippen molar-refractivity contribution in [1.82, 2.24) is 4.57 Å². The van der Waals surface area contributed by atoms with Crippen LogP contribution in [0, 0.1) is 0 Å². The van der Waals surface area contributed by atoms with Gasteiger partial charge in [0.25, 0.3) is 0 Å². The summed E-state index contributed by atoms with van der Waals surface area (Å²) >= 11 is 0. The highest BCUT2D eigenvalue weighted by Gasteiger charge is 2.42. The highest BCUT2D eigenvalue weighted by molar-refractivity contribution is 7.20. The zero-order valence-corrected chi connectivity index (χ0v) is 39.3. The van der Waals surface area contributed by atoms with Gasteiger partial charge < -0.3 is 9.47 Å². The first-order valence-corrected chi connectivity index (χ1v) is 25.3. The summed E-state index contributed by atoms with van der Waals surface area (Å²) in [4.78, 5) is 2.48. The van der Waals surface area contributed by atoms with Gasteiger partial charge in [-0.3, -0.25) is 0 Å². The first-order chi connectivity index (χ1) is 32.1. The summed E-state index contributed by atoms with van der Waals surface area (Å²) in [5.74, 6) is 0. The molecule has 66 heavy (non-hydrogen) atoms. The second-order valence-corrected chi connectivity index (χ2v) is 23.6. The summed E-state index contributed by atoms with van der Waals surface area (Å²) in [6.07, 6.45) is 0. The number of rotatable bonds is 8. The molecular weight excluding hydrogens is 813 g/mol. The van der Waals surface area contributed by atoms with Gasteiger partial charge in [-0.05, 0) is 125 Å². The number of nitrogens with zero attached hydrogens (tertiary/aromatic N) is 2. The topological polar surface area (TPSA) is 8.17 Å². The third-order valence-electron chi connectivity index (χ3n) is 14.6. The molecule has 1 aromatic heterocycles. The van der Waals surface area contributed by atoms with Crippen LogP contribution in [0.4, 0.5) is 17.1 Å². The van der Waals surface area contributed by atoms with Gasteiger partial charge in [-0.1, -0.05) is 198 Å². The number of aromatic nitrogens is 1. The minimum Gasteiger partial charge on any atom is -0.310 e. The fourth-order valence-corrected chi connectivity index (χ4v) is 16.1. The number of fused-ring (bicyclic) bond motifs is 3. The highest BCUT2D eigenvalue weighted by atomic mass is 28.3. The van der Waals surface area contributed by atoms with E-state index in [2.05, 4.69) is 269 Å². The molecule has 12 rings (SSSR count). The van der Waals surface area contributed by atoms with Gasteiger partial charge in [0, 0.05) is 38.9 Å². The lowest BCUT2D eigenvalue weighted by atomic mass is 9.78. The van der Waals surface area contributed by atoms with Crippen LogP contribution in [0.2, 0.25) is 0 Å². The minimum absolute atomic E-state index is 0.0527. The Morgan fingerprint density at radius 2 is 0.894 bits per heavy atom. The molecule has 3 heteroatoms. The number of hydrogen-bond donors (Lipinski definition) is 0. The normalized spacial score (nSPS) is 13.3. The van der Waals surface area contributed by atoms with E-state index in [0.717, 1.165) is 22.7 Å². The van der Waals surface area contributed by atoms with Gasteiger partial charge in [-0.25, -0.2) is 0 Å². The Morgan fingerprint density at radius 1 is 0.409 bits per heavy atom. The third kappa shape index (κ3) is 6.07. The Bertz CT molecular complexity index is 3530. The zero-order chi connectivity index (χ0) is 44.8. The summed E-state index contributed by atoms with van der Waals surface area (Å²) in [7, 11) is -2.81. The standard InChI is InChI=1S/C63H52N2Si/c1-62(2,3)45-37-43-31-32-44-38-49(41-57-61(44)60(43)56(39-45)63(57,4)5)64(46-21-11-6-12-22-46)48-33-35-58-54(40-48)55-42-53(34-36-59(55)65(58)47-23-13-7-14-24-47)66(50-25-15-8-16-26-50,51-27-17-9-18-28-51)52-29-19-10-20-30-52/h6-42H,1-5H3. The summed E-state index contributed by atoms with van der Waals surface area (Å²) in [5.41, 5.74) is 11.0. The van der Waals surface area contributed by atoms with Crippen molar-refractivity contribution >= 4 is 89.2 Å². The molecule has 0 bridgehead atoms. The number of para-hydroxylation sites is 2. The molecule has 0 aliphatic heterocycles. The van der Waals surface area contributed by atoms with Crippen LogP contribution in [-0.2, 0) is 10.8 Å². The summed E-state index contributed by atoms with van der Waals surface area (Å²) in [6.45, 7) is 11.8. The van der Waals surface area contributed by atoms with Crippen LogP contribution in [0.1, 0.15) is 51.3 Å². The van der Waals surface area contributed by atoms with Crippen LogP contribution in [0.25, 0.3) is 49.0 Å². The monoisotopic (exact) mass is 864 g/mol. The van der Waals surface area contributed by atoms with E-state index in [4.69, 9.17) is 0 Å². The van der Waals surface area contributed by atoms with Crippen LogP contribution in [-0.4, -0.2) is 12.6 Å². The van der Waals surface area contributed by atoms with Crippen LogP contribution < -0.4 is 25.6 Å². The first-order valence-electron chi connectivity index (χ1n) is 23.3. The van der Waals surface area contributed by atoms with Gasteiger partial charge >= 0.3 is 0 Å². The minimum atomic E-state index is -2.81. The third-order valence-corrected chi connectivity index (χ3v) is 19.4. The SMILES string of the molecule is CC(C)(C)c1cc2c3c(ccc4cc(N(c5ccccc5)c5ccc6c(c5)c5cc([Si](c7ccccc7)(c7ccccc7)c7ccccc7)ccc5n6-c5ccccc5)cc(c43)C2(C)C)c1. The molecule has 0 amide bonds. The van der Waals surface area contributed by atoms with Crippen molar-refractivity contribution in [2.45, 2.75) is 45.4 Å². The molecule has 0 spiro atoms. The van der Waals surface area contributed by atoms with E-state index in [1.54, 1.807) is 0 Å². The van der Waals surface area contributed by atoms with Gasteiger partial charge in [-0.15, -0.1) is 0 Å². The summed E-state index contributed by atoms with van der Waals surface area (Å²) in [6, 6.07) is 84.6. The average Bonchev–Trinajstić information content (AvgIpc) is 3.80. The van der Waals surface area contributed by atoms with Crippen LogP contribution in [0.15, 0.2) is 224 Å². The Morgan fingerprint density at radius 3 is 1.45 bits per heavy atom. The Balaban J connectivity index is 1.12. The van der Waals surface area contributed by atoms with E-state index in [0.29, 0.717) is 0 Å². The van der Waals surface area contributed by atoms with Crippen molar-refractivity contribution in [3.05, 3.63) is 241 Å². The number of benzene rings is 10. The predicted molar refractivity (Wildman–Crippen MR) is 285 cm³/mol. The number of anilines is 3. The predicted octanol–water partition coefficient (Wildman–Crippen LogP) is 13.9. The fraction of sp³-hybridized carbons (Fsp3) is 0.111. The van der Waals surface area contributed by atoms with E-state index in [1.165, 1.54) is 80.8 Å². The van der Waals surface area contributed by atoms with E-state index < -0.39 is 8.07 Å². The maximum Gasteiger partial charge on any atom is 0.179 e. The zero-order valence-electron chi connectivity index (χ0n) is 38.3. The van der Waals surface area contributed by atoms with Crippen molar-refractivity contribution in [2.24, 2.45) is 0 Å². The molecule has 0 radical (unpaired) electrons. The molecule has 0 N–H and O–H groups in total. The highest BCUT2D eigenvalue weighted by Crippen LogP contribution is 2.52. The van der Waals surface area contributed by atoms with Gasteiger partial charge in [-0.2, -0.15) is 0 Å². The molecule has 0 unspecified atom stereocenters. The van der Waals surface area contributed by atoms with Crippen molar-refractivity contribution in [1.29, 1.82) is 0 Å². The Labute approximate surface area is 389 Å². The molecule has 0 fully saturated rings. The van der Waals surface area contributed by atoms with Crippen LogP contribution in [0.3, 0.4) is 0 Å². The molecule has 0 atom stereocenters. The maximum absolute atomic E-state index is 2.81. The molecule has 2 nitrogen and oxygen atoms in total. The van der Waals surface area contributed by atoms with Crippen LogP contribution in [0.5, 0.6) is 0 Å². The fourth-order valence-electron chi connectivity index (χ4n) is 11.3. The van der Waals surface area contributed by atoms with Crippen LogP contribution >= 0.6 is 0 Å². The molecule has 11 aromatic rings. The Hall–Kier alpha value is -7.46. The molecule has 0 saturated carbocycles. The molecule has 10 aromatic carbocycles. The summed E-state index contributed by atoms with van der Waals surface area (Å²) in [5, 5.41) is 13.3. The van der Waals surface area contributed by atoms with Gasteiger partial charge in [0.05, 0.1) is 11.0 Å². The smallest absolute Gasteiger partial charge is 0.179 e. The lowest BCUT2D eigenvalue weighted by molar-refractivity contribution is 0.586. The number of hydrogen-bond acceptors (Lipinski definition) is 1. The molecule has 318 valence electrons. The molecule has 1 heterocycles. The molecular formula is C63H52N2Si. The molecule has 1 aliphatic rings. The van der Waals surface area contributed by atoms with Crippen molar-refractivity contribution < 1.29 is 0 Å². The lowest BCUT2D eigenvalue weighted by Gasteiger charge is -2.34. The van der Waals surface area contributed by atoms with Crippen molar-refractivity contribution in [2.75, 3.05) is 4.90 Å². The largest absolute Gasteiger partial charge is 0.310 e. The van der Waals surface area contributed by atoms with Gasteiger partial charge in [0.2, 0.25) is 0 Å². The molecule has 0 saturated heterocycles. The lowest BCUT2D eigenvalue weighted by Crippen LogP contribution is -2.74. The van der Waals surface area contributed by atoms with Crippen molar-refractivity contribution in [3.63, 3.8) is 0 Å². The van der Waals surface area contributed by atoms with E-state index in [1.807, 2.05) is 0 Å². The second kappa shape index (κ2) is 15.1. The van der Waals surface area contributed by atoms with Gasteiger partial charge in [0.1, 0.15) is 0 Å². The Kier molecular flexibility index (Phi) is 9.14. The van der Waals surface area contributed by atoms with E-state index in [-0.39, 0.29) is 10.8 Å². The second-order valence-electron chi connectivity index (χ2n) is 19.8. The summed E-state index contributed by atoms with van der Waals surface area (Å²) < 4.78 is 2.45. The van der Waals surface area contributed by atoms with Gasteiger partial charge in [0.15, 0.2) is 8.07 Å². The average molecular weight is 865 g/mol. The molecule has 1 aliphatic carbocycles. The van der Waals surface area contributed by atoms with E-state index >= 15 is 0 Å². The maximum atomic E-state index is 2.54. The van der Waals surface area contributed by atoms with Crippen molar-refractivity contribution in [3.8, 4) is 5.69 Å². The quantitative estimate of drug-likeness (QED) is 0.0839.